The monoisotopic (exact) mass is 413 g/mol. The van der Waals surface area contributed by atoms with Crippen molar-refractivity contribution in [3.8, 4) is 0 Å². The minimum Gasteiger partial charge on any atom is -0.465 e. The number of aliphatic hydroxyl groups is 1. The molecular formula is C24H35N3O3. The molecule has 6 nitrogen and oxygen atoms in total. The average molecular weight is 414 g/mol. The van der Waals surface area contributed by atoms with Crippen LogP contribution in [0.3, 0.4) is 0 Å². The van der Waals surface area contributed by atoms with Crippen molar-refractivity contribution in [3.05, 3.63) is 71.8 Å². The van der Waals surface area contributed by atoms with Gasteiger partial charge in [0.15, 0.2) is 0 Å². The summed E-state index contributed by atoms with van der Waals surface area (Å²) in [4.78, 5) is 11.3. The molecule has 1 amide bonds. The van der Waals surface area contributed by atoms with Crippen LogP contribution in [0.5, 0.6) is 0 Å². The average Bonchev–Trinajstić information content (AvgIpc) is 2.72. The van der Waals surface area contributed by atoms with Crippen molar-refractivity contribution in [1.29, 1.82) is 0 Å². The summed E-state index contributed by atoms with van der Waals surface area (Å²) in [5.41, 5.74) is 8.34. The third-order valence-corrected chi connectivity index (χ3v) is 5.42. The van der Waals surface area contributed by atoms with Crippen LogP contribution in [0.4, 0.5) is 4.79 Å². The third kappa shape index (κ3) is 8.53. The van der Waals surface area contributed by atoms with E-state index < -0.39 is 18.2 Å². The van der Waals surface area contributed by atoms with E-state index >= 15 is 0 Å². The van der Waals surface area contributed by atoms with E-state index in [0.717, 1.165) is 17.5 Å². The quantitative estimate of drug-likeness (QED) is 0.368. The predicted octanol–water partition coefficient (Wildman–Crippen LogP) is 2.80. The van der Waals surface area contributed by atoms with E-state index in [2.05, 4.69) is 36.6 Å². The lowest BCUT2D eigenvalue weighted by Gasteiger charge is -2.29. The molecule has 0 aliphatic carbocycles. The predicted molar refractivity (Wildman–Crippen MR) is 120 cm³/mol. The summed E-state index contributed by atoms with van der Waals surface area (Å²) in [7, 11) is 0. The van der Waals surface area contributed by atoms with Crippen molar-refractivity contribution in [2.75, 3.05) is 6.54 Å². The SMILES string of the molecule is CC(C)[C@H](N)CN[C@@H](Cc1ccccc1)C[C@H](O)[C@H](Cc1ccccc1)NC(=O)O. The fourth-order valence-electron chi connectivity index (χ4n) is 3.44. The van der Waals surface area contributed by atoms with Gasteiger partial charge in [0, 0.05) is 18.6 Å². The van der Waals surface area contributed by atoms with Gasteiger partial charge in [-0.1, -0.05) is 74.5 Å². The summed E-state index contributed by atoms with van der Waals surface area (Å²) in [6, 6.07) is 19.1. The molecule has 2 aromatic carbocycles. The second-order valence-corrected chi connectivity index (χ2v) is 8.25. The van der Waals surface area contributed by atoms with Gasteiger partial charge in [-0.2, -0.15) is 0 Å². The van der Waals surface area contributed by atoms with Crippen LogP contribution in [0.15, 0.2) is 60.7 Å². The lowest BCUT2D eigenvalue weighted by atomic mass is 9.93. The van der Waals surface area contributed by atoms with Crippen LogP contribution in [-0.2, 0) is 12.8 Å². The number of hydrogen-bond donors (Lipinski definition) is 5. The van der Waals surface area contributed by atoms with Crippen molar-refractivity contribution < 1.29 is 15.0 Å². The first-order chi connectivity index (χ1) is 14.3. The van der Waals surface area contributed by atoms with Crippen molar-refractivity contribution in [2.45, 2.75) is 57.3 Å². The maximum Gasteiger partial charge on any atom is 0.404 e. The lowest BCUT2D eigenvalue weighted by molar-refractivity contribution is 0.101. The van der Waals surface area contributed by atoms with Crippen LogP contribution >= 0.6 is 0 Å². The molecule has 0 bridgehead atoms. The van der Waals surface area contributed by atoms with Crippen LogP contribution < -0.4 is 16.4 Å². The third-order valence-electron chi connectivity index (χ3n) is 5.42. The number of rotatable bonds is 12. The Bertz CT molecular complexity index is 740. The minimum absolute atomic E-state index is 0.0117. The molecule has 30 heavy (non-hydrogen) atoms. The number of hydrogen-bond acceptors (Lipinski definition) is 4. The summed E-state index contributed by atoms with van der Waals surface area (Å²) < 4.78 is 0. The highest BCUT2D eigenvalue weighted by molar-refractivity contribution is 5.65. The summed E-state index contributed by atoms with van der Waals surface area (Å²) in [6.07, 6.45) is -0.398. The highest BCUT2D eigenvalue weighted by Gasteiger charge is 2.25. The molecule has 0 saturated carbocycles. The van der Waals surface area contributed by atoms with Crippen LogP contribution in [-0.4, -0.2) is 47.1 Å². The molecule has 0 aliphatic heterocycles. The van der Waals surface area contributed by atoms with Crippen molar-refractivity contribution >= 4 is 6.09 Å². The second kappa shape index (κ2) is 12.3. The lowest BCUT2D eigenvalue weighted by Crippen LogP contribution is -2.49. The van der Waals surface area contributed by atoms with Crippen LogP contribution in [0, 0.1) is 5.92 Å². The first-order valence-electron chi connectivity index (χ1n) is 10.6. The summed E-state index contributed by atoms with van der Waals surface area (Å²) >= 11 is 0. The van der Waals surface area contributed by atoms with Crippen molar-refractivity contribution in [3.63, 3.8) is 0 Å². The minimum atomic E-state index is -1.13. The largest absolute Gasteiger partial charge is 0.465 e. The first-order valence-corrected chi connectivity index (χ1v) is 10.6. The summed E-state index contributed by atoms with van der Waals surface area (Å²) in [5.74, 6) is 0.347. The van der Waals surface area contributed by atoms with Gasteiger partial charge in [0.05, 0.1) is 12.1 Å². The Morgan fingerprint density at radius 2 is 1.50 bits per heavy atom. The van der Waals surface area contributed by atoms with Gasteiger partial charge < -0.3 is 26.6 Å². The standard InChI is InChI=1S/C24H35N3O3/c1-17(2)21(25)16-26-20(13-18-9-5-3-6-10-18)15-23(28)22(27-24(29)30)14-19-11-7-4-8-12-19/h3-12,17,20-23,26-28H,13-16,25H2,1-2H3,(H,29,30)/t20-,21+,22-,23-/m0/s1. The zero-order chi connectivity index (χ0) is 21.9. The molecule has 0 aliphatic rings. The fourth-order valence-corrected chi connectivity index (χ4v) is 3.44. The molecule has 0 heterocycles. The van der Waals surface area contributed by atoms with E-state index in [-0.39, 0.29) is 12.1 Å². The molecular weight excluding hydrogens is 378 g/mol. The van der Waals surface area contributed by atoms with E-state index in [1.165, 1.54) is 0 Å². The topological polar surface area (TPSA) is 108 Å². The highest BCUT2D eigenvalue weighted by Crippen LogP contribution is 2.14. The zero-order valence-electron chi connectivity index (χ0n) is 17.9. The first kappa shape index (κ1) is 23.9. The summed E-state index contributed by atoms with van der Waals surface area (Å²) in [5, 5.41) is 26.2. The number of nitrogens with two attached hydrogens (primary N) is 1. The van der Waals surface area contributed by atoms with Gasteiger partial charge in [-0.25, -0.2) is 4.79 Å². The molecule has 6 heteroatoms. The smallest absolute Gasteiger partial charge is 0.404 e. The Morgan fingerprint density at radius 1 is 0.967 bits per heavy atom. The molecule has 4 atom stereocenters. The van der Waals surface area contributed by atoms with E-state index in [1.807, 2.05) is 48.5 Å². The van der Waals surface area contributed by atoms with Gasteiger partial charge in [-0.05, 0) is 36.3 Å². The molecule has 6 N–H and O–H groups in total. The molecule has 0 radical (unpaired) electrons. The Hall–Kier alpha value is -2.41. The molecule has 164 valence electrons. The molecule has 2 rings (SSSR count). The number of benzene rings is 2. The maximum atomic E-state index is 11.3. The molecule has 0 unspecified atom stereocenters. The highest BCUT2D eigenvalue weighted by atomic mass is 16.4. The molecule has 2 aromatic rings. The van der Waals surface area contributed by atoms with Gasteiger partial charge in [0.25, 0.3) is 0 Å². The van der Waals surface area contributed by atoms with Crippen LogP contribution in [0.2, 0.25) is 0 Å². The number of aliphatic hydroxyl groups excluding tert-OH is 1. The van der Waals surface area contributed by atoms with E-state index in [1.54, 1.807) is 0 Å². The van der Waals surface area contributed by atoms with Crippen LogP contribution in [0.25, 0.3) is 0 Å². The molecule has 0 saturated heterocycles. The summed E-state index contributed by atoms with van der Waals surface area (Å²) in [6.45, 7) is 4.80. The molecule has 0 spiro atoms. The maximum absolute atomic E-state index is 11.3. The van der Waals surface area contributed by atoms with Gasteiger partial charge in [-0.3, -0.25) is 0 Å². The van der Waals surface area contributed by atoms with Crippen LogP contribution in [0.1, 0.15) is 31.4 Å². The molecule has 0 fully saturated rings. The Labute approximate surface area is 179 Å². The Morgan fingerprint density at radius 3 is 2.00 bits per heavy atom. The number of carbonyl (C=O) groups is 1. The second-order valence-electron chi connectivity index (χ2n) is 8.25. The number of nitrogens with one attached hydrogen (secondary N) is 2. The Balaban J connectivity index is 2.09. The number of amides is 1. The number of carboxylic acid groups (broad SMARTS) is 1. The molecule has 0 aromatic heterocycles. The van der Waals surface area contributed by atoms with E-state index in [4.69, 9.17) is 5.73 Å². The van der Waals surface area contributed by atoms with Crippen molar-refractivity contribution in [2.24, 2.45) is 11.7 Å². The fraction of sp³-hybridized carbons (Fsp3) is 0.458. The van der Waals surface area contributed by atoms with Gasteiger partial charge in [0.1, 0.15) is 0 Å². The van der Waals surface area contributed by atoms with E-state index in [9.17, 15) is 15.0 Å². The Kier molecular flexibility index (Phi) is 9.80. The van der Waals surface area contributed by atoms with Gasteiger partial charge in [-0.15, -0.1) is 0 Å². The zero-order valence-corrected chi connectivity index (χ0v) is 17.9. The van der Waals surface area contributed by atoms with E-state index in [0.29, 0.717) is 25.3 Å². The van der Waals surface area contributed by atoms with Gasteiger partial charge in [0.2, 0.25) is 0 Å². The van der Waals surface area contributed by atoms with Gasteiger partial charge >= 0.3 is 6.09 Å². The normalized spacial score (nSPS) is 15.4. The van der Waals surface area contributed by atoms with Crippen molar-refractivity contribution in [1.82, 2.24) is 10.6 Å².